The van der Waals surface area contributed by atoms with Crippen LogP contribution in [0.2, 0.25) is 6.32 Å². The van der Waals surface area contributed by atoms with Gasteiger partial charge in [-0.3, -0.25) is 9.59 Å². The van der Waals surface area contributed by atoms with Gasteiger partial charge in [0, 0.05) is 11.9 Å². The number of benzene rings is 2. The lowest BCUT2D eigenvalue weighted by molar-refractivity contribution is -0.122. The van der Waals surface area contributed by atoms with Crippen LogP contribution in [0.1, 0.15) is 44.4 Å². The van der Waals surface area contributed by atoms with Crippen molar-refractivity contribution in [2.45, 2.75) is 45.1 Å². The van der Waals surface area contributed by atoms with Crippen molar-refractivity contribution in [3.63, 3.8) is 0 Å². The first-order valence-electron chi connectivity index (χ1n) is 11.1. The van der Waals surface area contributed by atoms with Gasteiger partial charge >= 0.3 is 7.12 Å². The average molecular weight is 481 g/mol. The lowest BCUT2D eigenvalue weighted by Crippen LogP contribution is -2.41. The Labute approximate surface area is 204 Å². The summed E-state index contributed by atoms with van der Waals surface area (Å²) in [6, 6.07) is 14.0. The first kappa shape index (κ1) is 27.6. The number of carbonyl (C=O) groups excluding carboxylic acids is 2. The summed E-state index contributed by atoms with van der Waals surface area (Å²) in [6.07, 6.45) is 1.12. The maximum atomic E-state index is 14.2. The normalized spacial score (nSPS) is 12.3. The highest BCUT2D eigenvalue weighted by Crippen LogP contribution is 2.22. The number of nitriles is 1. The van der Waals surface area contributed by atoms with E-state index in [0.717, 1.165) is 6.07 Å². The van der Waals surface area contributed by atoms with Gasteiger partial charge < -0.3 is 25.4 Å². The van der Waals surface area contributed by atoms with Gasteiger partial charge in [-0.25, -0.2) is 4.39 Å². The Kier molecular flexibility index (Phi) is 10.00. The standard InChI is InChI=1S/C25H29BFN3O5/c1-25(2,3)30-24(32)19(16-28)13-17-9-10-20(27)22(14-17)35-12-11-23(31)29-21(15-26(33)34)18-7-5-4-6-8-18/h4-10,13-14,21,33-34H,11-12,15H2,1-3H3,(H,29,31)(H,30,32)/t21-/m0/s1. The van der Waals surface area contributed by atoms with E-state index in [-0.39, 0.29) is 30.7 Å². The molecule has 0 aromatic heterocycles. The number of nitrogens with zero attached hydrogens (tertiary/aromatic N) is 1. The quantitative estimate of drug-likeness (QED) is 0.235. The summed E-state index contributed by atoms with van der Waals surface area (Å²) >= 11 is 0. The van der Waals surface area contributed by atoms with Crippen LogP contribution < -0.4 is 15.4 Å². The molecule has 0 saturated heterocycles. The number of carbonyl (C=O) groups is 2. The number of hydrogen-bond acceptors (Lipinski definition) is 6. The molecule has 0 radical (unpaired) electrons. The highest BCUT2D eigenvalue weighted by atomic mass is 19.1. The third-order valence-electron chi connectivity index (χ3n) is 4.69. The molecular weight excluding hydrogens is 452 g/mol. The third-order valence-corrected chi connectivity index (χ3v) is 4.69. The van der Waals surface area contributed by atoms with Crippen molar-refractivity contribution < 1.29 is 28.8 Å². The van der Waals surface area contributed by atoms with Gasteiger partial charge in [0.15, 0.2) is 11.6 Å². The smallest absolute Gasteiger partial charge is 0.453 e. The predicted molar refractivity (Wildman–Crippen MR) is 130 cm³/mol. The molecule has 0 fully saturated rings. The zero-order chi connectivity index (χ0) is 26.0. The second kappa shape index (κ2) is 12.7. The van der Waals surface area contributed by atoms with Gasteiger partial charge in [0.05, 0.1) is 19.1 Å². The van der Waals surface area contributed by atoms with Crippen molar-refractivity contribution in [1.82, 2.24) is 10.6 Å². The van der Waals surface area contributed by atoms with Gasteiger partial charge in [-0.2, -0.15) is 5.26 Å². The maximum absolute atomic E-state index is 14.2. The third kappa shape index (κ3) is 9.61. The Morgan fingerprint density at radius 2 is 1.89 bits per heavy atom. The second-order valence-electron chi connectivity index (χ2n) is 8.91. The van der Waals surface area contributed by atoms with Crippen molar-refractivity contribution in [3.8, 4) is 11.8 Å². The molecule has 8 nitrogen and oxygen atoms in total. The fraction of sp³-hybridized carbons (Fsp3) is 0.320. The largest absolute Gasteiger partial charge is 0.490 e. The predicted octanol–water partition coefficient (Wildman–Crippen LogP) is 2.75. The van der Waals surface area contributed by atoms with E-state index >= 15 is 0 Å². The van der Waals surface area contributed by atoms with E-state index < -0.39 is 36.3 Å². The number of hydrogen-bond donors (Lipinski definition) is 4. The van der Waals surface area contributed by atoms with Crippen LogP contribution in [0.4, 0.5) is 4.39 Å². The van der Waals surface area contributed by atoms with Crippen LogP contribution in [-0.2, 0) is 9.59 Å². The molecular formula is C25H29BFN3O5. The number of rotatable bonds is 10. The van der Waals surface area contributed by atoms with E-state index in [4.69, 9.17) is 4.74 Å². The Morgan fingerprint density at radius 1 is 1.20 bits per heavy atom. The van der Waals surface area contributed by atoms with E-state index in [9.17, 15) is 29.3 Å². The van der Waals surface area contributed by atoms with E-state index in [2.05, 4.69) is 10.6 Å². The van der Waals surface area contributed by atoms with Crippen LogP contribution in [-0.4, -0.2) is 41.1 Å². The summed E-state index contributed by atoms with van der Waals surface area (Å²) < 4.78 is 19.6. The molecule has 0 aliphatic rings. The Morgan fingerprint density at radius 3 is 2.49 bits per heavy atom. The lowest BCUT2D eigenvalue weighted by Gasteiger charge is -2.20. The zero-order valence-electron chi connectivity index (χ0n) is 19.9. The van der Waals surface area contributed by atoms with Gasteiger partial charge in [-0.05, 0) is 50.1 Å². The van der Waals surface area contributed by atoms with Crippen molar-refractivity contribution in [2.24, 2.45) is 0 Å². The summed E-state index contributed by atoms with van der Waals surface area (Å²) in [7, 11) is -1.61. The molecule has 0 spiro atoms. The molecule has 2 aromatic rings. The molecule has 4 N–H and O–H groups in total. The monoisotopic (exact) mass is 481 g/mol. The summed E-state index contributed by atoms with van der Waals surface area (Å²) in [5.41, 5.74) is 0.422. The first-order chi connectivity index (χ1) is 16.5. The van der Waals surface area contributed by atoms with Crippen LogP contribution in [0.3, 0.4) is 0 Å². The summed E-state index contributed by atoms with van der Waals surface area (Å²) in [5.74, 6) is -1.76. The SMILES string of the molecule is CC(C)(C)NC(=O)C(C#N)=Cc1ccc(F)c(OCCC(=O)N[C@@H](CB(O)O)c2ccccc2)c1. The van der Waals surface area contributed by atoms with E-state index in [1.807, 2.05) is 6.07 Å². The molecule has 0 unspecified atom stereocenters. The Balaban J connectivity index is 2.02. The number of amides is 2. The van der Waals surface area contributed by atoms with Crippen LogP contribution in [0, 0.1) is 17.1 Å². The van der Waals surface area contributed by atoms with Crippen molar-refractivity contribution >= 4 is 25.0 Å². The molecule has 0 aliphatic heterocycles. The van der Waals surface area contributed by atoms with Crippen LogP contribution >= 0.6 is 0 Å². The minimum absolute atomic E-state index is 0.0936. The van der Waals surface area contributed by atoms with Gasteiger partial charge in [-0.1, -0.05) is 36.4 Å². The number of nitrogens with one attached hydrogen (secondary N) is 2. The molecule has 0 heterocycles. The molecule has 1 atom stereocenters. The molecule has 0 aliphatic carbocycles. The van der Waals surface area contributed by atoms with Gasteiger partial charge in [-0.15, -0.1) is 0 Å². The summed E-state index contributed by atoms with van der Waals surface area (Å²) in [4.78, 5) is 24.7. The minimum atomic E-state index is -1.61. The molecule has 2 rings (SSSR count). The van der Waals surface area contributed by atoms with Crippen LogP contribution in [0.25, 0.3) is 6.08 Å². The maximum Gasteiger partial charge on any atom is 0.453 e. The Bertz CT molecular complexity index is 1090. The summed E-state index contributed by atoms with van der Waals surface area (Å²) in [6.45, 7) is 5.21. The fourth-order valence-electron chi connectivity index (χ4n) is 3.14. The Hall–Kier alpha value is -3.68. The fourth-order valence-corrected chi connectivity index (χ4v) is 3.14. The molecule has 35 heavy (non-hydrogen) atoms. The van der Waals surface area contributed by atoms with E-state index in [1.54, 1.807) is 51.1 Å². The number of halogens is 1. The average Bonchev–Trinajstić information content (AvgIpc) is 2.78. The van der Waals surface area contributed by atoms with Gasteiger partial charge in [0.1, 0.15) is 11.6 Å². The van der Waals surface area contributed by atoms with E-state index in [0.29, 0.717) is 11.1 Å². The topological polar surface area (TPSA) is 132 Å². The molecule has 0 bridgehead atoms. The molecule has 10 heteroatoms. The van der Waals surface area contributed by atoms with Crippen molar-refractivity contribution in [1.29, 1.82) is 5.26 Å². The van der Waals surface area contributed by atoms with Crippen LogP contribution in [0.5, 0.6) is 5.75 Å². The second-order valence-corrected chi connectivity index (χ2v) is 8.91. The van der Waals surface area contributed by atoms with Gasteiger partial charge in [0.25, 0.3) is 5.91 Å². The molecule has 2 aromatic carbocycles. The lowest BCUT2D eigenvalue weighted by atomic mass is 9.79. The number of ether oxygens (including phenoxy) is 1. The zero-order valence-corrected chi connectivity index (χ0v) is 19.9. The minimum Gasteiger partial charge on any atom is -0.490 e. The first-order valence-corrected chi connectivity index (χ1v) is 11.1. The molecule has 2 amide bonds. The highest BCUT2D eigenvalue weighted by Gasteiger charge is 2.21. The highest BCUT2D eigenvalue weighted by molar-refractivity contribution is 6.41. The summed E-state index contributed by atoms with van der Waals surface area (Å²) in [5, 5.41) is 33.4. The molecule has 0 saturated carbocycles. The van der Waals surface area contributed by atoms with Crippen molar-refractivity contribution in [2.75, 3.05) is 6.61 Å². The van der Waals surface area contributed by atoms with Gasteiger partial charge in [0.2, 0.25) is 5.91 Å². The molecule has 184 valence electrons. The van der Waals surface area contributed by atoms with Crippen molar-refractivity contribution in [3.05, 3.63) is 71.0 Å². The van der Waals surface area contributed by atoms with E-state index in [1.165, 1.54) is 18.2 Å². The van der Waals surface area contributed by atoms with Crippen LogP contribution in [0.15, 0.2) is 54.1 Å².